The van der Waals surface area contributed by atoms with Crippen molar-refractivity contribution in [2.24, 2.45) is 5.16 Å². The molecule has 1 aromatic carbocycles. The molecule has 0 atom stereocenters. The van der Waals surface area contributed by atoms with E-state index in [-0.39, 0.29) is 17.7 Å². The Morgan fingerprint density at radius 3 is 2.56 bits per heavy atom. The lowest BCUT2D eigenvalue weighted by Crippen LogP contribution is -2.09. The second-order valence-corrected chi connectivity index (χ2v) is 3.42. The summed E-state index contributed by atoms with van der Waals surface area (Å²) < 4.78 is 37.1. The Bertz CT molecular complexity index is 491. The molecule has 0 unspecified atom stereocenters. The van der Waals surface area contributed by atoms with E-state index >= 15 is 0 Å². The Morgan fingerprint density at radius 1 is 1.31 bits per heavy atom. The van der Waals surface area contributed by atoms with Crippen LogP contribution in [-0.4, -0.2) is 16.7 Å². The number of oxime groups is 1. The van der Waals surface area contributed by atoms with Crippen molar-refractivity contribution in [3.05, 3.63) is 34.9 Å². The van der Waals surface area contributed by atoms with Gasteiger partial charge in [0.2, 0.25) is 5.78 Å². The molecule has 1 aliphatic rings. The van der Waals surface area contributed by atoms with Crippen LogP contribution in [0.4, 0.5) is 13.2 Å². The third-order valence-electron chi connectivity index (χ3n) is 2.42. The summed E-state index contributed by atoms with van der Waals surface area (Å²) in [5.41, 5.74) is -0.596. The maximum absolute atomic E-state index is 12.4. The molecule has 0 saturated carbocycles. The smallest absolute Gasteiger partial charge is 0.411 e. The van der Waals surface area contributed by atoms with Gasteiger partial charge in [-0.3, -0.25) is 4.79 Å². The third kappa shape index (κ3) is 1.56. The molecule has 0 aromatic heterocycles. The first-order chi connectivity index (χ1) is 7.43. The molecule has 1 aliphatic carbocycles. The second kappa shape index (κ2) is 3.33. The van der Waals surface area contributed by atoms with Crippen molar-refractivity contribution in [3.63, 3.8) is 0 Å². The molecule has 1 aromatic rings. The van der Waals surface area contributed by atoms with Gasteiger partial charge in [-0.1, -0.05) is 11.2 Å². The Kier molecular flexibility index (Phi) is 2.22. The number of nitrogens with zero attached hydrogens (tertiary/aromatic N) is 1. The topological polar surface area (TPSA) is 49.7 Å². The summed E-state index contributed by atoms with van der Waals surface area (Å²) in [7, 11) is 0. The Hall–Kier alpha value is -1.85. The van der Waals surface area contributed by atoms with Crippen molar-refractivity contribution in [1.82, 2.24) is 0 Å². The Labute approximate surface area is 88.2 Å². The first kappa shape index (κ1) is 10.7. The normalized spacial score (nSPS) is 17.9. The van der Waals surface area contributed by atoms with Crippen LogP contribution in [0.2, 0.25) is 0 Å². The largest absolute Gasteiger partial charge is 0.416 e. The molecular formula is C10H6F3NO2. The minimum absolute atomic E-state index is 0.0392. The minimum Gasteiger partial charge on any atom is -0.411 e. The number of benzene rings is 1. The summed E-state index contributed by atoms with van der Waals surface area (Å²) in [5.74, 6) is -0.649. The lowest BCUT2D eigenvalue weighted by molar-refractivity contribution is -0.137. The molecule has 84 valence electrons. The number of carbonyl (C=O) groups is 1. The molecule has 0 spiro atoms. The maximum Gasteiger partial charge on any atom is 0.416 e. The molecule has 0 saturated heterocycles. The number of fused-ring (bicyclic) bond motifs is 1. The highest BCUT2D eigenvalue weighted by molar-refractivity contribution is 6.49. The quantitative estimate of drug-likeness (QED) is 0.548. The van der Waals surface area contributed by atoms with E-state index in [1.807, 2.05) is 0 Å². The first-order valence-electron chi connectivity index (χ1n) is 4.39. The number of rotatable bonds is 0. The highest BCUT2D eigenvalue weighted by Gasteiger charge is 2.34. The molecule has 0 aliphatic heterocycles. The van der Waals surface area contributed by atoms with Crippen LogP contribution in [0, 0.1) is 0 Å². The van der Waals surface area contributed by atoms with E-state index < -0.39 is 17.5 Å². The number of hydrogen-bond acceptors (Lipinski definition) is 3. The van der Waals surface area contributed by atoms with Gasteiger partial charge in [0, 0.05) is 12.0 Å². The summed E-state index contributed by atoms with van der Waals surface area (Å²) in [6.07, 6.45) is -4.41. The second-order valence-electron chi connectivity index (χ2n) is 3.42. The van der Waals surface area contributed by atoms with Crippen molar-refractivity contribution in [2.75, 3.05) is 0 Å². The van der Waals surface area contributed by atoms with E-state index in [1.54, 1.807) is 0 Å². The lowest BCUT2D eigenvalue weighted by Gasteiger charge is -2.07. The number of ketones is 1. The van der Waals surface area contributed by atoms with Crippen LogP contribution >= 0.6 is 0 Å². The Morgan fingerprint density at radius 2 is 2.00 bits per heavy atom. The summed E-state index contributed by atoms with van der Waals surface area (Å²) in [5, 5.41) is 11.2. The molecule has 6 heteroatoms. The SMILES string of the molecule is O=C1/C(=N\O)Cc2ccc(C(F)(F)F)cc21. The van der Waals surface area contributed by atoms with Crippen molar-refractivity contribution >= 4 is 11.5 Å². The van der Waals surface area contributed by atoms with Crippen molar-refractivity contribution in [2.45, 2.75) is 12.6 Å². The van der Waals surface area contributed by atoms with E-state index in [1.165, 1.54) is 6.07 Å². The number of halogens is 3. The summed E-state index contributed by atoms with van der Waals surface area (Å²) >= 11 is 0. The monoisotopic (exact) mass is 229 g/mol. The van der Waals surface area contributed by atoms with Gasteiger partial charge in [0.25, 0.3) is 0 Å². The van der Waals surface area contributed by atoms with Crippen LogP contribution in [0.15, 0.2) is 23.4 Å². The molecule has 0 fully saturated rings. The summed E-state index contributed by atoms with van der Waals surface area (Å²) in [6, 6.07) is 2.93. The molecular weight excluding hydrogens is 223 g/mol. The van der Waals surface area contributed by atoms with Crippen molar-refractivity contribution in [1.29, 1.82) is 0 Å². The van der Waals surface area contributed by atoms with Gasteiger partial charge in [-0.2, -0.15) is 13.2 Å². The molecule has 0 radical (unpaired) electrons. The van der Waals surface area contributed by atoms with Gasteiger partial charge >= 0.3 is 6.18 Å². The molecule has 2 rings (SSSR count). The summed E-state index contributed by atoms with van der Waals surface area (Å²) in [6.45, 7) is 0. The van der Waals surface area contributed by atoms with Crippen LogP contribution in [0.3, 0.4) is 0 Å². The average Bonchev–Trinajstić information content (AvgIpc) is 2.54. The zero-order valence-electron chi connectivity index (χ0n) is 7.88. The fourth-order valence-electron chi connectivity index (χ4n) is 1.62. The maximum atomic E-state index is 12.4. The van der Waals surface area contributed by atoms with Gasteiger partial charge in [0.1, 0.15) is 5.71 Å². The number of hydrogen-bond donors (Lipinski definition) is 1. The standard InChI is InChI=1S/C10H6F3NO2/c11-10(12,13)6-2-1-5-3-8(14-16)9(15)7(5)4-6/h1-2,4,16H,3H2/b14-8-. The van der Waals surface area contributed by atoms with Gasteiger partial charge in [-0.15, -0.1) is 0 Å². The average molecular weight is 229 g/mol. The van der Waals surface area contributed by atoms with E-state index in [9.17, 15) is 18.0 Å². The van der Waals surface area contributed by atoms with Crippen LogP contribution in [0.25, 0.3) is 0 Å². The number of Topliss-reactive ketones (excluding diaryl/α,β-unsaturated/α-hetero) is 1. The third-order valence-corrected chi connectivity index (χ3v) is 2.42. The fourth-order valence-corrected chi connectivity index (χ4v) is 1.62. The van der Waals surface area contributed by atoms with Crippen molar-refractivity contribution in [3.8, 4) is 0 Å². The fraction of sp³-hybridized carbons (Fsp3) is 0.200. The number of carbonyl (C=O) groups excluding carboxylic acids is 1. The van der Waals surface area contributed by atoms with E-state index in [0.29, 0.717) is 5.56 Å². The number of alkyl halides is 3. The van der Waals surface area contributed by atoms with Crippen LogP contribution in [-0.2, 0) is 12.6 Å². The van der Waals surface area contributed by atoms with Gasteiger partial charge in [0.15, 0.2) is 0 Å². The molecule has 16 heavy (non-hydrogen) atoms. The molecule has 0 heterocycles. The minimum atomic E-state index is -4.48. The van der Waals surface area contributed by atoms with Crippen LogP contribution in [0.5, 0.6) is 0 Å². The van der Waals surface area contributed by atoms with Gasteiger partial charge < -0.3 is 5.21 Å². The molecule has 0 bridgehead atoms. The van der Waals surface area contributed by atoms with Gasteiger partial charge in [-0.25, -0.2) is 0 Å². The van der Waals surface area contributed by atoms with Gasteiger partial charge in [0.05, 0.1) is 5.56 Å². The zero-order valence-corrected chi connectivity index (χ0v) is 7.88. The van der Waals surface area contributed by atoms with E-state index in [0.717, 1.165) is 12.1 Å². The van der Waals surface area contributed by atoms with Crippen LogP contribution < -0.4 is 0 Å². The predicted molar refractivity (Wildman–Crippen MR) is 48.7 cm³/mol. The Balaban J connectivity index is 2.51. The highest BCUT2D eigenvalue weighted by atomic mass is 19.4. The molecule has 3 nitrogen and oxygen atoms in total. The van der Waals surface area contributed by atoms with Gasteiger partial charge in [-0.05, 0) is 17.7 Å². The van der Waals surface area contributed by atoms with Crippen LogP contribution in [0.1, 0.15) is 21.5 Å². The van der Waals surface area contributed by atoms with E-state index in [2.05, 4.69) is 5.16 Å². The lowest BCUT2D eigenvalue weighted by atomic mass is 10.1. The van der Waals surface area contributed by atoms with Crippen molar-refractivity contribution < 1.29 is 23.2 Å². The van der Waals surface area contributed by atoms with E-state index in [4.69, 9.17) is 5.21 Å². The molecule has 0 amide bonds. The highest BCUT2D eigenvalue weighted by Crippen LogP contribution is 2.32. The molecule has 1 N–H and O–H groups in total. The first-order valence-corrected chi connectivity index (χ1v) is 4.39. The zero-order chi connectivity index (χ0) is 11.9. The summed E-state index contributed by atoms with van der Waals surface area (Å²) in [4.78, 5) is 11.4. The predicted octanol–water partition coefficient (Wildman–Crippen LogP) is 2.27.